The summed E-state index contributed by atoms with van der Waals surface area (Å²) in [4.78, 5) is 23.8. The molecule has 0 bridgehead atoms. The van der Waals surface area contributed by atoms with Crippen molar-refractivity contribution in [3.8, 4) is 0 Å². The predicted octanol–water partition coefficient (Wildman–Crippen LogP) is 2.10. The molecule has 0 fully saturated rings. The zero-order valence-corrected chi connectivity index (χ0v) is 10.3. The van der Waals surface area contributed by atoms with Crippen molar-refractivity contribution in [1.29, 1.82) is 0 Å². The van der Waals surface area contributed by atoms with E-state index >= 15 is 0 Å². The van der Waals surface area contributed by atoms with Gasteiger partial charge in [-0.15, -0.1) is 0 Å². The maximum Gasteiger partial charge on any atom is 0.354 e. The minimum Gasteiger partial charge on any atom is -0.464 e. The Bertz CT molecular complexity index is 726. The van der Waals surface area contributed by atoms with Crippen LogP contribution in [-0.4, -0.2) is 19.0 Å². The molecule has 0 atom stereocenters. The molecule has 0 aliphatic carbocycles. The van der Waals surface area contributed by atoms with E-state index in [-0.39, 0.29) is 11.6 Å². The standard InChI is InChI=1S/C15H11NO3/c1-19-15(18)12-8-10-6-2-4-9-5-3-7-11(13(9)10)14(17)16-12/h2-8H,1H3,(H,16,17). The fraction of sp³-hybridized carbons (Fsp3) is 0.0667. The van der Waals surface area contributed by atoms with Gasteiger partial charge in [0.1, 0.15) is 5.70 Å². The van der Waals surface area contributed by atoms with Crippen LogP contribution in [0, 0.1) is 0 Å². The van der Waals surface area contributed by atoms with Gasteiger partial charge >= 0.3 is 5.97 Å². The number of amides is 1. The maximum absolute atomic E-state index is 12.2. The fourth-order valence-electron chi connectivity index (χ4n) is 2.28. The van der Waals surface area contributed by atoms with Gasteiger partial charge in [0, 0.05) is 10.9 Å². The molecule has 1 amide bonds. The lowest BCUT2D eigenvalue weighted by Gasteiger charge is -2.06. The summed E-state index contributed by atoms with van der Waals surface area (Å²) >= 11 is 0. The van der Waals surface area contributed by atoms with E-state index in [9.17, 15) is 9.59 Å². The highest BCUT2D eigenvalue weighted by Gasteiger charge is 2.21. The molecule has 0 saturated heterocycles. The van der Waals surface area contributed by atoms with Crippen molar-refractivity contribution < 1.29 is 14.3 Å². The van der Waals surface area contributed by atoms with Gasteiger partial charge in [0.05, 0.1) is 7.11 Å². The van der Waals surface area contributed by atoms with Gasteiger partial charge in [0.25, 0.3) is 5.91 Å². The Hall–Kier alpha value is -2.62. The molecule has 19 heavy (non-hydrogen) atoms. The monoisotopic (exact) mass is 253 g/mol. The lowest BCUT2D eigenvalue weighted by atomic mass is 9.99. The van der Waals surface area contributed by atoms with E-state index in [1.165, 1.54) is 7.11 Å². The van der Waals surface area contributed by atoms with Crippen molar-refractivity contribution in [2.24, 2.45) is 0 Å². The molecule has 4 nitrogen and oxygen atoms in total. The second-order valence-electron chi connectivity index (χ2n) is 4.25. The van der Waals surface area contributed by atoms with E-state index in [2.05, 4.69) is 10.1 Å². The molecular formula is C15H11NO3. The SMILES string of the molecule is COC(=O)C1=Cc2cccc3cccc(c23)C(=O)N1. The van der Waals surface area contributed by atoms with Gasteiger partial charge < -0.3 is 10.1 Å². The molecule has 0 radical (unpaired) electrons. The van der Waals surface area contributed by atoms with Crippen molar-refractivity contribution in [2.75, 3.05) is 7.11 Å². The number of carbonyl (C=O) groups excluding carboxylic acids is 2. The third-order valence-corrected chi connectivity index (χ3v) is 3.13. The largest absolute Gasteiger partial charge is 0.464 e. The summed E-state index contributed by atoms with van der Waals surface area (Å²) in [5, 5.41) is 4.40. The molecule has 2 aromatic rings. The van der Waals surface area contributed by atoms with Gasteiger partial charge in [-0.3, -0.25) is 4.79 Å². The van der Waals surface area contributed by atoms with Crippen LogP contribution >= 0.6 is 0 Å². The van der Waals surface area contributed by atoms with Crippen molar-refractivity contribution in [1.82, 2.24) is 5.32 Å². The number of esters is 1. The summed E-state index contributed by atoms with van der Waals surface area (Å²) in [6.45, 7) is 0. The number of nitrogens with one attached hydrogen (secondary N) is 1. The molecule has 3 rings (SSSR count). The zero-order valence-electron chi connectivity index (χ0n) is 10.3. The van der Waals surface area contributed by atoms with E-state index in [1.54, 1.807) is 12.1 Å². The van der Waals surface area contributed by atoms with Gasteiger partial charge in [0.15, 0.2) is 0 Å². The molecular weight excluding hydrogens is 242 g/mol. The second-order valence-corrected chi connectivity index (χ2v) is 4.25. The van der Waals surface area contributed by atoms with Gasteiger partial charge in [-0.25, -0.2) is 4.79 Å². The molecule has 1 aliphatic heterocycles. The summed E-state index contributed by atoms with van der Waals surface area (Å²) in [5.41, 5.74) is 1.53. The van der Waals surface area contributed by atoms with E-state index < -0.39 is 5.97 Å². The Labute approximate surface area is 109 Å². The first kappa shape index (κ1) is 11.5. The third-order valence-electron chi connectivity index (χ3n) is 3.13. The predicted molar refractivity (Wildman–Crippen MR) is 71.4 cm³/mol. The van der Waals surface area contributed by atoms with Crippen LogP contribution in [0.5, 0.6) is 0 Å². The van der Waals surface area contributed by atoms with E-state index in [4.69, 9.17) is 0 Å². The topological polar surface area (TPSA) is 55.4 Å². The van der Waals surface area contributed by atoms with Gasteiger partial charge in [0.2, 0.25) is 0 Å². The van der Waals surface area contributed by atoms with E-state index in [0.717, 1.165) is 16.3 Å². The highest BCUT2D eigenvalue weighted by Crippen LogP contribution is 2.27. The Kier molecular flexibility index (Phi) is 2.56. The smallest absolute Gasteiger partial charge is 0.354 e. The minimum atomic E-state index is -0.557. The van der Waals surface area contributed by atoms with E-state index in [1.807, 2.05) is 30.3 Å². The number of ether oxygens (including phenoxy) is 1. The Balaban J connectivity index is 2.33. The van der Waals surface area contributed by atoms with Gasteiger partial charge in [-0.1, -0.05) is 30.3 Å². The van der Waals surface area contributed by atoms with Crippen LogP contribution in [0.4, 0.5) is 0 Å². The summed E-state index contributed by atoms with van der Waals surface area (Å²) in [6.07, 6.45) is 1.64. The molecule has 4 heteroatoms. The number of hydrogen-bond donors (Lipinski definition) is 1. The van der Waals surface area contributed by atoms with Crippen LogP contribution in [-0.2, 0) is 9.53 Å². The lowest BCUT2D eigenvalue weighted by molar-refractivity contribution is -0.136. The zero-order chi connectivity index (χ0) is 13.4. The molecule has 0 saturated carbocycles. The third kappa shape index (κ3) is 1.78. The Morgan fingerprint density at radius 2 is 1.89 bits per heavy atom. The summed E-state index contributed by atoms with van der Waals surface area (Å²) < 4.78 is 4.67. The first-order valence-corrected chi connectivity index (χ1v) is 5.84. The van der Waals surface area contributed by atoms with E-state index in [0.29, 0.717) is 5.56 Å². The van der Waals surface area contributed by atoms with Crippen molar-refractivity contribution in [3.63, 3.8) is 0 Å². The molecule has 0 spiro atoms. The van der Waals surface area contributed by atoms with Crippen molar-refractivity contribution >= 4 is 28.7 Å². The number of rotatable bonds is 1. The highest BCUT2D eigenvalue weighted by atomic mass is 16.5. The Morgan fingerprint density at radius 3 is 2.63 bits per heavy atom. The highest BCUT2D eigenvalue weighted by molar-refractivity contribution is 6.15. The molecule has 1 aliphatic rings. The molecule has 0 aromatic heterocycles. The quantitative estimate of drug-likeness (QED) is 0.792. The minimum absolute atomic E-state index is 0.149. The normalized spacial score (nSPS) is 13.5. The molecule has 1 N–H and O–H groups in total. The first-order chi connectivity index (χ1) is 9.20. The summed E-state index contributed by atoms with van der Waals surface area (Å²) in [6, 6.07) is 11.2. The fourth-order valence-corrected chi connectivity index (χ4v) is 2.28. The molecule has 0 unspecified atom stereocenters. The molecule has 1 heterocycles. The van der Waals surface area contributed by atoms with Crippen molar-refractivity contribution in [3.05, 3.63) is 53.2 Å². The molecule has 94 valence electrons. The number of methoxy groups -OCH3 is 1. The molecule has 2 aromatic carbocycles. The maximum atomic E-state index is 12.2. The van der Waals surface area contributed by atoms with Crippen molar-refractivity contribution in [2.45, 2.75) is 0 Å². The number of benzene rings is 2. The average Bonchev–Trinajstić information content (AvgIpc) is 2.58. The van der Waals surface area contributed by atoms with Crippen LogP contribution in [0.25, 0.3) is 16.8 Å². The van der Waals surface area contributed by atoms with Crippen LogP contribution in [0.3, 0.4) is 0 Å². The number of hydrogen-bond acceptors (Lipinski definition) is 3. The summed E-state index contributed by atoms with van der Waals surface area (Å²) in [5.74, 6) is -0.856. The van der Waals surface area contributed by atoms with Crippen LogP contribution in [0.1, 0.15) is 15.9 Å². The Morgan fingerprint density at radius 1 is 1.16 bits per heavy atom. The van der Waals surface area contributed by atoms with Gasteiger partial charge in [-0.2, -0.15) is 0 Å². The first-order valence-electron chi connectivity index (χ1n) is 5.84. The lowest BCUT2D eigenvalue weighted by Crippen LogP contribution is -2.27. The second kappa shape index (κ2) is 4.24. The van der Waals surface area contributed by atoms with Crippen LogP contribution in [0.15, 0.2) is 42.1 Å². The summed E-state index contributed by atoms with van der Waals surface area (Å²) in [7, 11) is 1.29. The number of carbonyl (C=O) groups is 2. The van der Waals surface area contributed by atoms with Crippen LogP contribution in [0.2, 0.25) is 0 Å². The van der Waals surface area contributed by atoms with Crippen LogP contribution < -0.4 is 5.32 Å². The van der Waals surface area contributed by atoms with Gasteiger partial charge in [-0.05, 0) is 23.1 Å². The average molecular weight is 253 g/mol.